The summed E-state index contributed by atoms with van der Waals surface area (Å²) >= 11 is 4.71. The van der Waals surface area contributed by atoms with Gasteiger partial charge in [0.25, 0.3) is 0 Å². The lowest BCUT2D eigenvalue weighted by molar-refractivity contribution is 0.104. The minimum Gasteiger partial charge on any atom is -0.288 e. The molecule has 0 atom stereocenters. The van der Waals surface area contributed by atoms with E-state index in [2.05, 4.69) is 25.9 Å². The highest BCUT2D eigenvalue weighted by atomic mass is 79.9. The first kappa shape index (κ1) is 9.48. The fourth-order valence-corrected chi connectivity index (χ4v) is 2.34. The normalized spacial score (nSPS) is 10.1. The largest absolute Gasteiger partial charge is 0.288 e. The van der Waals surface area contributed by atoms with Crippen LogP contribution in [-0.4, -0.2) is 15.8 Å². The van der Waals surface area contributed by atoms with Crippen LogP contribution >= 0.6 is 27.3 Å². The molecule has 0 spiro atoms. The zero-order valence-electron chi connectivity index (χ0n) is 6.98. The van der Waals surface area contributed by atoms with Gasteiger partial charge in [-0.2, -0.15) is 0 Å². The number of carbonyl (C=O) groups excluding carboxylic acids is 1. The Morgan fingerprint density at radius 2 is 2.00 bits per heavy atom. The third-order valence-electron chi connectivity index (χ3n) is 1.62. The zero-order chi connectivity index (χ0) is 9.97. The molecule has 0 radical (unpaired) electrons. The van der Waals surface area contributed by atoms with E-state index in [4.69, 9.17) is 0 Å². The molecule has 70 valence electrons. The molecule has 0 bridgehead atoms. The van der Waals surface area contributed by atoms with E-state index in [1.165, 1.54) is 30.1 Å². The fourth-order valence-electron chi connectivity index (χ4n) is 0.995. The summed E-state index contributed by atoms with van der Waals surface area (Å²) in [6.07, 6.45) is 4.44. The van der Waals surface area contributed by atoms with Gasteiger partial charge in [-0.05, 0) is 28.1 Å². The number of rotatable bonds is 2. The standard InChI is InChI=1S/C9H5BrN2OS/c10-8-2-1-7(14-8)9(13)6-3-11-5-12-4-6/h1-5H. The summed E-state index contributed by atoms with van der Waals surface area (Å²) in [4.78, 5) is 20.1. The Morgan fingerprint density at radius 3 is 2.57 bits per heavy atom. The molecule has 2 aromatic heterocycles. The van der Waals surface area contributed by atoms with Gasteiger partial charge in [-0.15, -0.1) is 11.3 Å². The van der Waals surface area contributed by atoms with Crippen molar-refractivity contribution >= 4 is 33.0 Å². The van der Waals surface area contributed by atoms with E-state index in [1.807, 2.05) is 6.07 Å². The van der Waals surface area contributed by atoms with E-state index in [0.717, 1.165) is 3.79 Å². The van der Waals surface area contributed by atoms with Crippen LogP contribution in [0.15, 0.2) is 34.6 Å². The predicted molar refractivity (Wildman–Crippen MR) is 57.5 cm³/mol. The molecule has 0 saturated heterocycles. The Labute approximate surface area is 93.0 Å². The molecule has 5 heteroatoms. The molecule has 0 aliphatic rings. The summed E-state index contributed by atoms with van der Waals surface area (Å²) in [5.41, 5.74) is 0.516. The van der Waals surface area contributed by atoms with Crippen molar-refractivity contribution in [3.8, 4) is 0 Å². The van der Waals surface area contributed by atoms with Crippen molar-refractivity contribution in [3.63, 3.8) is 0 Å². The minimum atomic E-state index is -0.0405. The fraction of sp³-hybridized carbons (Fsp3) is 0. The van der Waals surface area contributed by atoms with Crippen LogP contribution in [0.1, 0.15) is 15.2 Å². The van der Waals surface area contributed by atoms with Crippen LogP contribution in [0, 0.1) is 0 Å². The third kappa shape index (κ3) is 1.88. The van der Waals surface area contributed by atoms with Crippen LogP contribution in [0.2, 0.25) is 0 Å². The quantitative estimate of drug-likeness (QED) is 0.787. The van der Waals surface area contributed by atoms with Gasteiger partial charge in [0.05, 0.1) is 14.2 Å². The smallest absolute Gasteiger partial charge is 0.206 e. The van der Waals surface area contributed by atoms with Gasteiger partial charge in [-0.25, -0.2) is 9.97 Å². The number of aromatic nitrogens is 2. The van der Waals surface area contributed by atoms with Crippen molar-refractivity contribution in [2.75, 3.05) is 0 Å². The highest BCUT2D eigenvalue weighted by Crippen LogP contribution is 2.23. The third-order valence-corrected chi connectivity index (χ3v) is 3.24. The molecule has 0 fully saturated rings. The van der Waals surface area contributed by atoms with Crippen molar-refractivity contribution in [1.82, 2.24) is 9.97 Å². The van der Waals surface area contributed by atoms with Crippen LogP contribution in [0.5, 0.6) is 0 Å². The summed E-state index contributed by atoms with van der Waals surface area (Å²) in [6, 6.07) is 3.63. The number of ketones is 1. The van der Waals surface area contributed by atoms with Gasteiger partial charge in [-0.1, -0.05) is 0 Å². The molecule has 0 aliphatic carbocycles. The molecule has 0 unspecified atom stereocenters. The first-order chi connectivity index (χ1) is 6.77. The summed E-state index contributed by atoms with van der Waals surface area (Å²) in [5.74, 6) is -0.0405. The van der Waals surface area contributed by atoms with E-state index >= 15 is 0 Å². The van der Waals surface area contributed by atoms with Crippen LogP contribution in [-0.2, 0) is 0 Å². The molecule has 0 aromatic carbocycles. The van der Waals surface area contributed by atoms with Gasteiger partial charge in [0.15, 0.2) is 0 Å². The molecular weight excluding hydrogens is 264 g/mol. The van der Waals surface area contributed by atoms with E-state index in [1.54, 1.807) is 6.07 Å². The number of nitrogens with zero attached hydrogens (tertiary/aromatic N) is 2. The molecule has 0 saturated carbocycles. The predicted octanol–water partition coefficient (Wildman–Crippen LogP) is 2.53. The topological polar surface area (TPSA) is 42.9 Å². The Hall–Kier alpha value is -1.07. The van der Waals surface area contributed by atoms with Crippen LogP contribution in [0.4, 0.5) is 0 Å². The Bertz CT molecular complexity index is 455. The van der Waals surface area contributed by atoms with Crippen LogP contribution < -0.4 is 0 Å². The minimum absolute atomic E-state index is 0.0405. The number of hydrogen-bond donors (Lipinski definition) is 0. The summed E-state index contributed by atoms with van der Waals surface area (Å²) in [6.45, 7) is 0. The van der Waals surface area contributed by atoms with E-state index in [-0.39, 0.29) is 5.78 Å². The molecular formula is C9H5BrN2OS. The van der Waals surface area contributed by atoms with Gasteiger partial charge < -0.3 is 0 Å². The van der Waals surface area contributed by atoms with Gasteiger partial charge in [-0.3, -0.25) is 4.79 Å². The molecule has 2 rings (SSSR count). The Morgan fingerprint density at radius 1 is 1.29 bits per heavy atom. The van der Waals surface area contributed by atoms with E-state index in [9.17, 15) is 4.79 Å². The second-order valence-corrected chi connectivity index (χ2v) is 5.02. The number of carbonyl (C=O) groups is 1. The van der Waals surface area contributed by atoms with Crippen LogP contribution in [0.3, 0.4) is 0 Å². The average Bonchev–Trinajstić information content (AvgIpc) is 2.65. The first-order valence-electron chi connectivity index (χ1n) is 3.82. The number of hydrogen-bond acceptors (Lipinski definition) is 4. The first-order valence-corrected chi connectivity index (χ1v) is 5.43. The highest BCUT2D eigenvalue weighted by molar-refractivity contribution is 9.11. The molecule has 0 N–H and O–H groups in total. The summed E-state index contributed by atoms with van der Waals surface area (Å²) in [7, 11) is 0. The lowest BCUT2D eigenvalue weighted by Crippen LogP contribution is -1.99. The van der Waals surface area contributed by atoms with Crippen molar-refractivity contribution in [2.45, 2.75) is 0 Å². The second kappa shape index (κ2) is 3.98. The molecule has 2 aromatic rings. The van der Waals surface area contributed by atoms with Crippen molar-refractivity contribution in [2.24, 2.45) is 0 Å². The molecule has 0 amide bonds. The van der Waals surface area contributed by atoms with Gasteiger partial charge in [0.2, 0.25) is 5.78 Å². The van der Waals surface area contributed by atoms with Gasteiger partial charge >= 0.3 is 0 Å². The average molecular weight is 269 g/mol. The van der Waals surface area contributed by atoms with Crippen molar-refractivity contribution in [3.05, 3.63) is 45.1 Å². The van der Waals surface area contributed by atoms with E-state index < -0.39 is 0 Å². The molecule has 14 heavy (non-hydrogen) atoms. The Kier molecular flexibility index (Phi) is 2.69. The number of halogens is 1. The maximum absolute atomic E-state index is 11.8. The summed E-state index contributed by atoms with van der Waals surface area (Å²) < 4.78 is 0.942. The maximum atomic E-state index is 11.8. The lowest BCUT2D eigenvalue weighted by atomic mass is 10.2. The SMILES string of the molecule is O=C(c1cncnc1)c1ccc(Br)s1. The lowest BCUT2D eigenvalue weighted by Gasteiger charge is -1.94. The molecule has 0 aliphatic heterocycles. The summed E-state index contributed by atoms with van der Waals surface area (Å²) in [5, 5.41) is 0. The van der Waals surface area contributed by atoms with Gasteiger partial charge in [0, 0.05) is 12.4 Å². The van der Waals surface area contributed by atoms with Crippen LogP contribution in [0.25, 0.3) is 0 Å². The maximum Gasteiger partial charge on any atom is 0.206 e. The van der Waals surface area contributed by atoms with E-state index in [0.29, 0.717) is 10.4 Å². The highest BCUT2D eigenvalue weighted by Gasteiger charge is 2.11. The van der Waals surface area contributed by atoms with Crippen molar-refractivity contribution < 1.29 is 4.79 Å². The Balaban J connectivity index is 2.34. The zero-order valence-corrected chi connectivity index (χ0v) is 9.38. The molecule has 3 nitrogen and oxygen atoms in total. The number of thiophene rings is 1. The monoisotopic (exact) mass is 268 g/mol. The second-order valence-electron chi connectivity index (χ2n) is 2.56. The van der Waals surface area contributed by atoms with Gasteiger partial charge in [0.1, 0.15) is 6.33 Å². The molecule has 2 heterocycles. The van der Waals surface area contributed by atoms with Crippen molar-refractivity contribution in [1.29, 1.82) is 0 Å².